The molecule has 0 aromatic heterocycles. The molecule has 7 heteroatoms. The fourth-order valence-corrected chi connectivity index (χ4v) is 3.34. The lowest BCUT2D eigenvalue weighted by Crippen LogP contribution is -2.48. The number of halogens is 2. The van der Waals surface area contributed by atoms with Crippen LogP contribution in [0.4, 0.5) is 0 Å². The smallest absolute Gasteiger partial charge is 0.261 e. The van der Waals surface area contributed by atoms with Crippen LogP contribution < -0.4 is 10.1 Å². The van der Waals surface area contributed by atoms with E-state index in [2.05, 4.69) is 5.32 Å². The number of benzene rings is 2. The average Bonchev–Trinajstić information content (AvgIpc) is 2.63. The van der Waals surface area contributed by atoms with Crippen LogP contribution >= 0.6 is 23.2 Å². The number of likely N-dealkylation sites (N-methyl/N-ethyl adjacent to an activating group) is 1. The van der Waals surface area contributed by atoms with Gasteiger partial charge in [0.25, 0.3) is 5.91 Å². The van der Waals surface area contributed by atoms with E-state index in [1.807, 2.05) is 32.0 Å². The molecule has 0 aliphatic carbocycles. The molecule has 0 saturated carbocycles. The van der Waals surface area contributed by atoms with E-state index in [1.165, 1.54) is 11.9 Å². The van der Waals surface area contributed by atoms with Gasteiger partial charge in [0.05, 0.1) is 0 Å². The Balaban J connectivity index is 2.19. The number of aryl methyl sites for hydroxylation is 2. The Morgan fingerprint density at radius 2 is 1.75 bits per heavy atom. The molecule has 1 atom stereocenters. The number of ether oxygens (including phenoxy) is 1. The van der Waals surface area contributed by atoms with E-state index in [0.29, 0.717) is 21.4 Å². The highest BCUT2D eigenvalue weighted by Gasteiger charge is 2.26. The summed E-state index contributed by atoms with van der Waals surface area (Å²) < 4.78 is 5.68. The zero-order valence-corrected chi connectivity index (χ0v) is 17.9. The van der Waals surface area contributed by atoms with Gasteiger partial charge >= 0.3 is 0 Å². The van der Waals surface area contributed by atoms with Crippen LogP contribution in [0.25, 0.3) is 0 Å². The van der Waals surface area contributed by atoms with Gasteiger partial charge < -0.3 is 15.0 Å². The highest BCUT2D eigenvalue weighted by molar-refractivity contribution is 6.35. The van der Waals surface area contributed by atoms with Crippen molar-refractivity contribution >= 4 is 35.0 Å². The maximum Gasteiger partial charge on any atom is 0.261 e. The molecule has 0 radical (unpaired) electrons. The first kappa shape index (κ1) is 22.1. The number of nitrogens with one attached hydrogen (secondary N) is 1. The fourth-order valence-electron chi connectivity index (χ4n) is 2.87. The number of hydrogen-bond acceptors (Lipinski definition) is 3. The second-order valence-electron chi connectivity index (χ2n) is 6.66. The summed E-state index contributed by atoms with van der Waals surface area (Å²) in [6.45, 7) is 5.57. The minimum absolute atomic E-state index is 0.166. The van der Waals surface area contributed by atoms with Crippen LogP contribution in [0.3, 0.4) is 0 Å². The molecular formula is C21H24Cl2N2O3. The molecule has 0 heterocycles. The Hall–Kier alpha value is -2.24. The van der Waals surface area contributed by atoms with Crippen molar-refractivity contribution in [1.82, 2.24) is 10.2 Å². The van der Waals surface area contributed by atoms with Crippen LogP contribution in [0.2, 0.25) is 10.0 Å². The molecule has 0 aliphatic rings. The van der Waals surface area contributed by atoms with Crippen LogP contribution in [0, 0.1) is 13.8 Å². The first-order valence-corrected chi connectivity index (χ1v) is 9.63. The third-order valence-corrected chi connectivity index (χ3v) is 4.91. The van der Waals surface area contributed by atoms with Crippen molar-refractivity contribution in [1.29, 1.82) is 0 Å². The van der Waals surface area contributed by atoms with E-state index in [9.17, 15) is 9.59 Å². The van der Waals surface area contributed by atoms with E-state index >= 15 is 0 Å². The summed E-state index contributed by atoms with van der Waals surface area (Å²) in [6.07, 6.45) is 0. The SMILES string of the molecule is CNC(=O)[C@@H](C)N(Cc1ccc(Cl)cc1Cl)C(=O)COc1cc(C)cc(C)c1. The zero-order valence-electron chi connectivity index (χ0n) is 16.4. The summed E-state index contributed by atoms with van der Waals surface area (Å²) in [6, 6.07) is 10.1. The van der Waals surface area contributed by atoms with Crippen molar-refractivity contribution in [2.45, 2.75) is 33.4 Å². The molecule has 1 N–H and O–H groups in total. The number of amides is 2. The number of carbonyl (C=O) groups is 2. The van der Waals surface area contributed by atoms with Gasteiger partial charge in [-0.15, -0.1) is 0 Å². The largest absolute Gasteiger partial charge is 0.484 e. The van der Waals surface area contributed by atoms with Crippen molar-refractivity contribution in [3.8, 4) is 5.75 Å². The first-order chi connectivity index (χ1) is 13.2. The highest BCUT2D eigenvalue weighted by Crippen LogP contribution is 2.23. The Bertz CT molecular complexity index is 850. The molecule has 2 amide bonds. The van der Waals surface area contributed by atoms with Crippen molar-refractivity contribution in [3.63, 3.8) is 0 Å². The number of hydrogen-bond donors (Lipinski definition) is 1. The summed E-state index contributed by atoms with van der Waals surface area (Å²) in [4.78, 5) is 26.5. The van der Waals surface area contributed by atoms with Gasteiger partial charge in [-0.3, -0.25) is 9.59 Å². The van der Waals surface area contributed by atoms with Crippen molar-refractivity contribution in [2.75, 3.05) is 13.7 Å². The Morgan fingerprint density at radius 3 is 2.32 bits per heavy atom. The zero-order chi connectivity index (χ0) is 20.8. The van der Waals surface area contributed by atoms with Gasteiger partial charge in [0.1, 0.15) is 11.8 Å². The molecule has 2 aromatic carbocycles. The minimum atomic E-state index is -0.688. The number of nitrogens with zero attached hydrogens (tertiary/aromatic N) is 1. The van der Waals surface area contributed by atoms with E-state index in [-0.39, 0.29) is 25.0 Å². The summed E-state index contributed by atoms with van der Waals surface area (Å²) in [7, 11) is 1.53. The quantitative estimate of drug-likeness (QED) is 0.728. The van der Waals surface area contributed by atoms with E-state index in [0.717, 1.165) is 11.1 Å². The molecule has 28 heavy (non-hydrogen) atoms. The first-order valence-electron chi connectivity index (χ1n) is 8.87. The third kappa shape index (κ3) is 5.88. The van der Waals surface area contributed by atoms with Gasteiger partial charge in [-0.1, -0.05) is 35.3 Å². The minimum Gasteiger partial charge on any atom is -0.484 e. The summed E-state index contributed by atoms with van der Waals surface area (Å²) in [5, 5.41) is 3.51. The predicted molar refractivity (Wildman–Crippen MR) is 112 cm³/mol. The molecular weight excluding hydrogens is 399 g/mol. The van der Waals surface area contributed by atoms with Gasteiger partial charge in [-0.25, -0.2) is 0 Å². The van der Waals surface area contributed by atoms with Crippen LogP contribution in [0.1, 0.15) is 23.6 Å². The molecule has 150 valence electrons. The van der Waals surface area contributed by atoms with Crippen molar-refractivity contribution < 1.29 is 14.3 Å². The molecule has 2 aromatic rings. The molecule has 0 bridgehead atoms. The second-order valence-corrected chi connectivity index (χ2v) is 7.50. The summed E-state index contributed by atoms with van der Waals surface area (Å²) in [5.41, 5.74) is 2.79. The average molecular weight is 423 g/mol. The lowest BCUT2D eigenvalue weighted by atomic mass is 10.1. The third-order valence-electron chi connectivity index (χ3n) is 4.33. The maximum atomic E-state index is 12.9. The summed E-state index contributed by atoms with van der Waals surface area (Å²) in [5.74, 6) is 0.0223. The standard InChI is InChI=1S/C21H24Cl2N2O3/c1-13-7-14(2)9-18(8-13)28-12-20(26)25(15(3)21(27)24-4)11-16-5-6-17(22)10-19(16)23/h5-10,15H,11-12H2,1-4H3,(H,24,27)/t15-/m1/s1. The van der Waals surface area contributed by atoms with Crippen LogP contribution in [-0.2, 0) is 16.1 Å². The highest BCUT2D eigenvalue weighted by atomic mass is 35.5. The van der Waals surface area contributed by atoms with Gasteiger partial charge in [0.15, 0.2) is 6.61 Å². The maximum absolute atomic E-state index is 12.9. The second kappa shape index (κ2) is 9.80. The molecule has 0 fully saturated rings. The fraction of sp³-hybridized carbons (Fsp3) is 0.333. The Morgan fingerprint density at radius 1 is 1.11 bits per heavy atom. The molecule has 0 spiro atoms. The Kier molecular flexibility index (Phi) is 7.72. The van der Waals surface area contributed by atoms with Gasteiger partial charge in [-0.05, 0) is 61.7 Å². The van der Waals surface area contributed by atoms with Gasteiger partial charge in [-0.2, -0.15) is 0 Å². The van der Waals surface area contributed by atoms with Gasteiger partial charge in [0.2, 0.25) is 5.91 Å². The van der Waals surface area contributed by atoms with E-state index < -0.39 is 6.04 Å². The van der Waals surface area contributed by atoms with E-state index in [4.69, 9.17) is 27.9 Å². The Labute approximate surface area is 175 Å². The van der Waals surface area contributed by atoms with Crippen molar-refractivity contribution in [2.24, 2.45) is 0 Å². The molecule has 5 nitrogen and oxygen atoms in total. The molecule has 0 unspecified atom stereocenters. The lowest BCUT2D eigenvalue weighted by molar-refractivity contribution is -0.142. The molecule has 0 aliphatic heterocycles. The predicted octanol–water partition coefficient (Wildman–Crippen LogP) is 4.15. The number of rotatable bonds is 7. The number of carbonyl (C=O) groups excluding carboxylic acids is 2. The monoisotopic (exact) mass is 422 g/mol. The summed E-state index contributed by atoms with van der Waals surface area (Å²) >= 11 is 12.2. The topological polar surface area (TPSA) is 58.6 Å². The van der Waals surface area contributed by atoms with Crippen molar-refractivity contribution in [3.05, 3.63) is 63.1 Å². The lowest BCUT2D eigenvalue weighted by Gasteiger charge is -2.28. The van der Waals surface area contributed by atoms with Crippen LogP contribution in [0.15, 0.2) is 36.4 Å². The van der Waals surface area contributed by atoms with E-state index in [1.54, 1.807) is 25.1 Å². The molecule has 2 rings (SSSR count). The molecule has 0 saturated heterocycles. The normalized spacial score (nSPS) is 11.6. The van der Waals surface area contributed by atoms with Crippen LogP contribution in [-0.4, -0.2) is 36.4 Å². The van der Waals surface area contributed by atoms with Crippen LogP contribution in [0.5, 0.6) is 5.75 Å². The van der Waals surface area contributed by atoms with Gasteiger partial charge in [0, 0.05) is 23.6 Å².